The van der Waals surface area contributed by atoms with Gasteiger partial charge in [-0.05, 0) is 24.8 Å². The number of nitrogens with one attached hydrogen (secondary N) is 1. The van der Waals surface area contributed by atoms with Crippen LogP contribution < -0.4 is 16.8 Å². The van der Waals surface area contributed by atoms with Gasteiger partial charge in [0.1, 0.15) is 6.04 Å². The highest BCUT2D eigenvalue weighted by molar-refractivity contribution is 5.90. The summed E-state index contributed by atoms with van der Waals surface area (Å²) >= 11 is 0. The Labute approximate surface area is 142 Å². The quantitative estimate of drug-likeness (QED) is 0.430. The van der Waals surface area contributed by atoms with Gasteiger partial charge in [-0.3, -0.25) is 10.5 Å². The van der Waals surface area contributed by atoms with Gasteiger partial charge >= 0.3 is 5.97 Å². The molecule has 0 aliphatic rings. The number of carbonyl (C=O) groups is 2. The minimum atomic E-state index is -2.43. The van der Waals surface area contributed by atoms with Crippen LogP contribution in [0.5, 0.6) is 0 Å². The van der Waals surface area contributed by atoms with Crippen molar-refractivity contribution in [2.45, 2.75) is 50.9 Å². The van der Waals surface area contributed by atoms with Crippen molar-refractivity contribution in [3.63, 3.8) is 0 Å². The van der Waals surface area contributed by atoms with Gasteiger partial charge < -0.3 is 21.3 Å². The highest BCUT2D eigenvalue weighted by Crippen LogP contribution is 2.21. The third-order valence-electron chi connectivity index (χ3n) is 4.40. The van der Waals surface area contributed by atoms with Gasteiger partial charge in [-0.25, -0.2) is 4.79 Å². The lowest BCUT2D eigenvalue weighted by Crippen LogP contribution is -2.73. The lowest BCUT2D eigenvalue weighted by molar-refractivity contribution is -0.153. The van der Waals surface area contributed by atoms with E-state index in [1.54, 1.807) is 19.1 Å². The van der Waals surface area contributed by atoms with Gasteiger partial charge in [0.25, 0.3) is 5.91 Å². The van der Waals surface area contributed by atoms with Crippen LogP contribution in [-0.4, -0.2) is 39.4 Å². The molecule has 0 saturated carbocycles. The number of carboxylic acids is 1. The van der Waals surface area contributed by atoms with Crippen molar-refractivity contribution in [1.29, 1.82) is 0 Å². The molecule has 0 bridgehead atoms. The standard InChI is InChI=1S/C17H27N3O4/c1-4-11(2)13(14(21)22)20-15(23)17(19,24)16(3,18)10-12-8-6-5-7-9-12/h5-9,11,13,24H,4,10,18-19H2,1-3H3,(H,20,23)(H,21,22)/t11?,13?,16?,17-/m0/s1. The molecule has 0 heterocycles. The van der Waals surface area contributed by atoms with E-state index in [9.17, 15) is 19.8 Å². The van der Waals surface area contributed by atoms with Crippen LogP contribution >= 0.6 is 0 Å². The van der Waals surface area contributed by atoms with E-state index in [2.05, 4.69) is 5.32 Å². The highest BCUT2D eigenvalue weighted by atomic mass is 16.4. The number of amides is 1. The fourth-order valence-electron chi connectivity index (χ4n) is 2.35. The van der Waals surface area contributed by atoms with Crippen molar-refractivity contribution in [2.24, 2.45) is 17.4 Å². The maximum absolute atomic E-state index is 12.4. The Kier molecular flexibility index (Phi) is 6.48. The Morgan fingerprint density at radius 3 is 2.25 bits per heavy atom. The van der Waals surface area contributed by atoms with Crippen LogP contribution in [0, 0.1) is 5.92 Å². The Morgan fingerprint density at radius 2 is 1.79 bits per heavy atom. The lowest BCUT2D eigenvalue weighted by Gasteiger charge is -2.39. The molecule has 0 spiro atoms. The predicted octanol–water partition coefficient (Wildman–Crippen LogP) is 0.209. The first-order valence-corrected chi connectivity index (χ1v) is 7.90. The molecule has 1 aromatic rings. The summed E-state index contributed by atoms with van der Waals surface area (Å²) in [4.78, 5) is 23.7. The van der Waals surface area contributed by atoms with Crippen molar-refractivity contribution >= 4 is 11.9 Å². The molecule has 0 aliphatic carbocycles. The number of hydrogen-bond acceptors (Lipinski definition) is 5. The van der Waals surface area contributed by atoms with Crippen LogP contribution in [-0.2, 0) is 16.0 Å². The molecule has 1 aromatic carbocycles. The van der Waals surface area contributed by atoms with E-state index in [0.29, 0.717) is 6.42 Å². The zero-order valence-electron chi connectivity index (χ0n) is 14.3. The Hall–Kier alpha value is -1.96. The monoisotopic (exact) mass is 337 g/mol. The zero-order chi connectivity index (χ0) is 18.5. The Bertz CT molecular complexity index is 572. The third kappa shape index (κ3) is 4.53. The van der Waals surface area contributed by atoms with Crippen LogP contribution in [0.4, 0.5) is 0 Å². The molecule has 7 N–H and O–H groups in total. The average Bonchev–Trinajstić information content (AvgIpc) is 2.51. The minimum absolute atomic E-state index is 0.148. The number of carboxylic acid groups (broad SMARTS) is 1. The summed E-state index contributed by atoms with van der Waals surface area (Å²) in [6, 6.07) is 7.92. The summed E-state index contributed by atoms with van der Waals surface area (Å²) in [5.41, 5.74) is 8.79. The third-order valence-corrected chi connectivity index (χ3v) is 4.40. The topological polar surface area (TPSA) is 139 Å². The molecule has 7 nitrogen and oxygen atoms in total. The maximum atomic E-state index is 12.4. The van der Waals surface area contributed by atoms with Crippen LogP contribution in [0.1, 0.15) is 32.8 Å². The van der Waals surface area contributed by atoms with Crippen molar-refractivity contribution < 1.29 is 19.8 Å². The van der Waals surface area contributed by atoms with E-state index in [0.717, 1.165) is 5.56 Å². The van der Waals surface area contributed by atoms with E-state index < -0.39 is 29.2 Å². The van der Waals surface area contributed by atoms with Crippen molar-refractivity contribution in [3.05, 3.63) is 35.9 Å². The van der Waals surface area contributed by atoms with E-state index in [1.807, 2.05) is 25.1 Å². The smallest absolute Gasteiger partial charge is 0.326 e. The van der Waals surface area contributed by atoms with Gasteiger partial charge in [0.15, 0.2) is 0 Å². The summed E-state index contributed by atoms with van der Waals surface area (Å²) in [6.07, 6.45) is 0.694. The molecule has 0 aliphatic heterocycles. The second-order valence-electron chi connectivity index (χ2n) is 6.52. The Balaban J connectivity index is 2.95. The van der Waals surface area contributed by atoms with Gasteiger partial charge in [0.2, 0.25) is 5.72 Å². The molecular formula is C17H27N3O4. The summed E-state index contributed by atoms with van der Waals surface area (Å²) in [7, 11) is 0. The van der Waals surface area contributed by atoms with E-state index in [1.165, 1.54) is 6.92 Å². The second-order valence-corrected chi connectivity index (χ2v) is 6.52. The van der Waals surface area contributed by atoms with Gasteiger partial charge in [-0.1, -0.05) is 50.6 Å². The van der Waals surface area contributed by atoms with Crippen LogP contribution in [0.15, 0.2) is 30.3 Å². The fourth-order valence-corrected chi connectivity index (χ4v) is 2.35. The van der Waals surface area contributed by atoms with Crippen LogP contribution in [0.2, 0.25) is 0 Å². The number of aliphatic hydroxyl groups is 1. The Morgan fingerprint density at radius 1 is 1.25 bits per heavy atom. The van der Waals surface area contributed by atoms with Gasteiger partial charge in [0.05, 0.1) is 5.54 Å². The number of aliphatic carboxylic acids is 1. The first-order chi connectivity index (χ1) is 11.0. The minimum Gasteiger partial charge on any atom is -0.480 e. The molecule has 1 amide bonds. The highest BCUT2D eigenvalue weighted by Gasteiger charge is 2.48. The predicted molar refractivity (Wildman–Crippen MR) is 90.9 cm³/mol. The summed E-state index contributed by atoms with van der Waals surface area (Å²) in [6.45, 7) is 4.96. The average molecular weight is 337 g/mol. The lowest BCUT2D eigenvalue weighted by atomic mass is 9.83. The molecule has 0 saturated heterocycles. The molecular weight excluding hydrogens is 310 g/mol. The SMILES string of the molecule is CCC(C)C(NC(=O)[C@](N)(O)C(C)(N)Cc1ccccc1)C(=O)O. The van der Waals surface area contributed by atoms with E-state index >= 15 is 0 Å². The summed E-state index contributed by atoms with van der Waals surface area (Å²) in [5, 5.41) is 22.1. The van der Waals surface area contributed by atoms with Gasteiger partial charge in [-0.2, -0.15) is 0 Å². The first-order valence-electron chi connectivity index (χ1n) is 7.90. The second kappa shape index (κ2) is 7.74. The summed E-state index contributed by atoms with van der Waals surface area (Å²) < 4.78 is 0. The number of rotatable bonds is 8. The van der Waals surface area contributed by atoms with Crippen LogP contribution in [0.25, 0.3) is 0 Å². The number of benzene rings is 1. The molecule has 24 heavy (non-hydrogen) atoms. The largest absolute Gasteiger partial charge is 0.480 e. The molecule has 0 radical (unpaired) electrons. The molecule has 1 rings (SSSR count). The van der Waals surface area contributed by atoms with E-state index in [-0.39, 0.29) is 12.3 Å². The maximum Gasteiger partial charge on any atom is 0.326 e. The molecule has 4 atom stereocenters. The van der Waals surface area contributed by atoms with Gasteiger partial charge in [0, 0.05) is 0 Å². The van der Waals surface area contributed by atoms with Gasteiger partial charge in [-0.15, -0.1) is 0 Å². The van der Waals surface area contributed by atoms with E-state index in [4.69, 9.17) is 11.5 Å². The van der Waals surface area contributed by atoms with Crippen molar-refractivity contribution in [2.75, 3.05) is 0 Å². The van der Waals surface area contributed by atoms with Crippen LogP contribution in [0.3, 0.4) is 0 Å². The molecule has 0 aromatic heterocycles. The fraction of sp³-hybridized carbons (Fsp3) is 0.529. The van der Waals surface area contributed by atoms with Crippen molar-refractivity contribution in [1.82, 2.24) is 5.32 Å². The van der Waals surface area contributed by atoms with Crippen molar-refractivity contribution in [3.8, 4) is 0 Å². The molecule has 134 valence electrons. The summed E-state index contributed by atoms with van der Waals surface area (Å²) in [5.74, 6) is -2.51. The normalized spacial score (nSPS) is 18.8. The first kappa shape index (κ1) is 20.1. The number of hydrogen-bond donors (Lipinski definition) is 5. The molecule has 3 unspecified atom stereocenters. The number of carbonyl (C=O) groups excluding carboxylic acids is 1. The zero-order valence-corrected chi connectivity index (χ0v) is 14.3. The molecule has 7 heteroatoms. The number of nitrogens with two attached hydrogens (primary N) is 2. The molecule has 0 fully saturated rings.